The van der Waals surface area contributed by atoms with Crippen molar-refractivity contribution < 1.29 is 14.7 Å². The average Bonchev–Trinajstić information content (AvgIpc) is 2.30. The van der Waals surface area contributed by atoms with Gasteiger partial charge in [-0.3, -0.25) is 4.79 Å². The van der Waals surface area contributed by atoms with E-state index in [1.807, 2.05) is 7.05 Å². The summed E-state index contributed by atoms with van der Waals surface area (Å²) in [5.74, 6) is -0.363. The maximum Gasteiger partial charge on any atom is 0.317 e. The summed E-state index contributed by atoms with van der Waals surface area (Å²) in [7, 11) is 1.85. The lowest BCUT2D eigenvalue weighted by Gasteiger charge is -2.34. The number of amides is 2. The molecule has 1 aliphatic carbocycles. The van der Waals surface area contributed by atoms with Gasteiger partial charge in [0.2, 0.25) is 0 Å². The molecule has 1 saturated carbocycles. The first-order chi connectivity index (χ1) is 9.04. The van der Waals surface area contributed by atoms with Gasteiger partial charge < -0.3 is 15.3 Å². The van der Waals surface area contributed by atoms with E-state index in [4.69, 9.17) is 5.11 Å². The summed E-state index contributed by atoms with van der Waals surface area (Å²) >= 11 is 0. The molecule has 0 spiro atoms. The van der Waals surface area contributed by atoms with Gasteiger partial charge in [-0.25, -0.2) is 4.79 Å². The Balaban J connectivity index is 2.16. The number of rotatable bonds is 8. The van der Waals surface area contributed by atoms with E-state index in [2.05, 4.69) is 12.2 Å². The normalized spacial score (nSPS) is 16.5. The van der Waals surface area contributed by atoms with E-state index in [0.717, 1.165) is 25.7 Å². The van der Waals surface area contributed by atoms with E-state index >= 15 is 0 Å². The molecule has 1 fully saturated rings. The summed E-state index contributed by atoms with van der Waals surface area (Å²) in [4.78, 5) is 24.2. The Kier molecular flexibility index (Phi) is 6.67. The van der Waals surface area contributed by atoms with Crippen molar-refractivity contribution in [1.29, 1.82) is 0 Å². The van der Waals surface area contributed by atoms with Crippen molar-refractivity contribution in [3.8, 4) is 0 Å². The molecule has 0 saturated heterocycles. The first kappa shape index (κ1) is 15.8. The molecule has 110 valence electrons. The van der Waals surface area contributed by atoms with Crippen molar-refractivity contribution in [3.05, 3.63) is 0 Å². The molecule has 0 bridgehead atoms. The molecular formula is C14H26N2O3. The molecule has 1 atom stereocenters. The van der Waals surface area contributed by atoms with Gasteiger partial charge >= 0.3 is 12.0 Å². The van der Waals surface area contributed by atoms with Crippen LogP contribution in [0.3, 0.4) is 0 Å². The molecule has 0 heterocycles. The predicted molar refractivity (Wildman–Crippen MR) is 74.1 cm³/mol. The number of nitrogens with one attached hydrogen (secondary N) is 1. The maximum absolute atomic E-state index is 11.8. The zero-order valence-electron chi connectivity index (χ0n) is 12.0. The van der Waals surface area contributed by atoms with Crippen LogP contribution in [-0.4, -0.2) is 41.6 Å². The molecule has 19 heavy (non-hydrogen) atoms. The largest absolute Gasteiger partial charge is 0.481 e. The Morgan fingerprint density at radius 3 is 2.53 bits per heavy atom. The minimum atomic E-state index is -0.743. The second kappa shape index (κ2) is 8.02. The second-order valence-corrected chi connectivity index (χ2v) is 5.42. The van der Waals surface area contributed by atoms with Gasteiger partial charge in [0.05, 0.1) is 0 Å². The number of urea groups is 1. The number of carbonyl (C=O) groups excluding carboxylic acids is 1. The van der Waals surface area contributed by atoms with Crippen LogP contribution in [-0.2, 0) is 4.79 Å². The first-order valence-corrected chi connectivity index (χ1v) is 7.27. The molecular weight excluding hydrogens is 244 g/mol. The number of carbonyl (C=O) groups is 2. The first-order valence-electron chi connectivity index (χ1n) is 7.27. The highest BCUT2D eigenvalue weighted by molar-refractivity contribution is 5.74. The SMILES string of the molecule is CCC(CCNC(=O)N(C)C1CCC1)CCC(=O)O. The zero-order chi connectivity index (χ0) is 14.3. The lowest BCUT2D eigenvalue weighted by Crippen LogP contribution is -2.46. The number of aliphatic carboxylic acids is 1. The molecule has 0 aliphatic heterocycles. The van der Waals surface area contributed by atoms with Crippen LogP contribution in [0.5, 0.6) is 0 Å². The highest BCUT2D eigenvalue weighted by atomic mass is 16.4. The number of nitrogens with zero attached hydrogens (tertiary/aromatic N) is 1. The van der Waals surface area contributed by atoms with Crippen LogP contribution in [0.15, 0.2) is 0 Å². The van der Waals surface area contributed by atoms with Gasteiger partial charge in [-0.2, -0.15) is 0 Å². The summed E-state index contributed by atoms with van der Waals surface area (Å²) in [5, 5.41) is 11.6. The van der Waals surface area contributed by atoms with Gasteiger partial charge in [-0.05, 0) is 38.0 Å². The summed E-state index contributed by atoms with van der Waals surface area (Å²) in [6.45, 7) is 2.70. The minimum Gasteiger partial charge on any atom is -0.481 e. The van der Waals surface area contributed by atoms with Gasteiger partial charge in [0, 0.05) is 26.1 Å². The molecule has 5 nitrogen and oxygen atoms in total. The van der Waals surface area contributed by atoms with Gasteiger partial charge in [0.15, 0.2) is 0 Å². The van der Waals surface area contributed by atoms with E-state index in [-0.39, 0.29) is 12.5 Å². The smallest absolute Gasteiger partial charge is 0.317 e. The third-order valence-corrected chi connectivity index (χ3v) is 4.12. The quantitative estimate of drug-likeness (QED) is 0.712. The fourth-order valence-electron chi connectivity index (χ4n) is 2.33. The predicted octanol–water partition coefficient (Wildman–Crippen LogP) is 2.46. The lowest BCUT2D eigenvalue weighted by molar-refractivity contribution is -0.137. The van der Waals surface area contributed by atoms with E-state index in [1.165, 1.54) is 6.42 Å². The highest BCUT2D eigenvalue weighted by Gasteiger charge is 2.25. The topological polar surface area (TPSA) is 69.6 Å². The van der Waals surface area contributed by atoms with Crippen LogP contribution in [0.2, 0.25) is 0 Å². The Bertz CT molecular complexity index is 303. The lowest BCUT2D eigenvalue weighted by atomic mass is 9.92. The number of carboxylic acid groups (broad SMARTS) is 1. The fourth-order valence-corrected chi connectivity index (χ4v) is 2.33. The number of hydrogen-bond donors (Lipinski definition) is 2. The Morgan fingerprint density at radius 1 is 1.37 bits per heavy atom. The highest BCUT2D eigenvalue weighted by Crippen LogP contribution is 2.23. The third-order valence-electron chi connectivity index (χ3n) is 4.12. The van der Waals surface area contributed by atoms with Crippen LogP contribution in [0.25, 0.3) is 0 Å². The van der Waals surface area contributed by atoms with Crippen molar-refractivity contribution in [2.45, 2.75) is 57.9 Å². The van der Waals surface area contributed by atoms with Gasteiger partial charge in [0.1, 0.15) is 0 Å². The van der Waals surface area contributed by atoms with Crippen LogP contribution in [0, 0.1) is 5.92 Å². The average molecular weight is 270 g/mol. The Morgan fingerprint density at radius 2 is 2.05 bits per heavy atom. The molecule has 0 radical (unpaired) electrons. The number of hydrogen-bond acceptors (Lipinski definition) is 2. The summed E-state index contributed by atoms with van der Waals surface area (Å²) in [6.07, 6.45) is 6.17. The molecule has 1 unspecified atom stereocenters. The van der Waals surface area contributed by atoms with E-state index < -0.39 is 5.97 Å². The second-order valence-electron chi connectivity index (χ2n) is 5.42. The molecule has 0 aromatic heterocycles. The fraction of sp³-hybridized carbons (Fsp3) is 0.857. The molecule has 1 rings (SSSR count). The molecule has 2 N–H and O–H groups in total. The van der Waals surface area contributed by atoms with Crippen LogP contribution >= 0.6 is 0 Å². The van der Waals surface area contributed by atoms with Crippen molar-refractivity contribution in [2.75, 3.05) is 13.6 Å². The zero-order valence-corrected chi connectivity index (χ0v) is 12.0. The van der Waals surface area contributed by atoms with Gasteiger partial charge in [-0.1, -0.05) is 13.3 Å². The van der Waals surface area contributed by atoms with Gasteiger partial charge in [-0.15, -0.1) is 0 Å². The third kappa shape index (κ3) is 5.49. The van der Waals surface area contributed by atoms with Crippen LogP contribution in [0.1, 0.15) is 51.9 Å². The van der Waals surface area contributed by atoms with Crippen LogP contribution < -0.4 is 5.32 Å². The van der Waals surface area contributed by atoms with E-state index in [1.54, 1.807) is 4.90 Å². The summed E-state index contributed by atoms with van der Waals surface area (Å²) < 4.78 is 0. The van der Waals surface area contributed by atoms with Crippen molar-refractivity contribution >= 4 is 12.0 Å². The van der Waals surface area contributed by atoms with Gasteiger partial charge in [0.25, 0.3) is 0 Å². The molecule has 5 heteroatoms. The van der Waals surface area contributed by atoms with Crippen molar-refractivity contribution in [3.63, 3.8) is 0 Å². The monoisotopic (exact) mass is 270 g/mol. The Hall–Kier alpha value is -1.26. The maximum atomic E-state index is 11.8. The minimum absolute atomic E-state index is 0.00205. The van der Waals surface area contributed by atoms with Crippen molar-refractivity contribution in [2.24, 2.45) is 5.92 Å². The van der Waals surface area contributed by atoms with Crippen LogP contribution in [0.4, 0.5) is 4.79 Å². The molecule has 0 aromatic rings. The summed E-state index contributed by atoms with van der Waals surface area (Å²) in [6, 6.07) is 0.409. The molecule has 0 aromatic carbocycles. The molecule has 2 amide bonds. The van der Waals surface area contributed by atoms with Crippen molar-refractivity contribution in [1.82, 2.24) is 10.2 Å². The van der Waals surface area contributed by atoms with E-state index in [9.17, 15) is 9.59 Å². The standard InChI is InChI=1S/C14H26N2O3/c1-3-11(7-8-13(17)18)9-10-15-14(19)16(2)12-5-4-6-12/h11-12H,3-10H2,1-2H3,(H,15,19)(H,17,18). The number of carboxylic acids is 1. The summed E-state index contributed by atoms with van der Waals surface area (Å²) in [5.41, 5.74) is 0. The Labute approximate surface area is 115 Å². The molecule has 1 aliphatic rings. The van der Waals surface area contributed by atoms with E-state index in [0.29, 0.717) is 24.9 Å².